The lowest BCUT2D eigenvalue weighted by molar-refractivity contribution is -0.112. The first-order valence-electron chi connectivity index (χ1n) is 3.74. The maximum Gasteiger partial charge on any atom is 0.377 e. The van der Waals surface area contributed by atoms with Gasteiger partial charge in [-0.05, 0) is 6.42 Å². The molecule has 0 aromatic carbocycles. The quantitative estimate of drug-likeness (QED) is 0.613. The molecule has 2 bridgehead atoms. The zero-order valence-electron chi connectivity index (χ0n) is 6.45. The van der Waals surface area contributed by atoms with Crippen LogP contribution in [0.4, 0.5) is 0 Å². The van der Waals surface area contributed by atoms with Crippen molar-refractivity contribution in [2.24, 2.45) is 5.41 Å². The molecule has 4 nitrogen and oxygen atoms in total. The summed E-state index contributed by atoms with van der Waals surface area (Å²) in [4.78, 5) is 9.37. The average Bonchev–Trinajstić information content (AvgIpc) is 2.07. The Morgan fingerprint density at radius 2 is 1.73 bits per heavy atom. The molecule has 0 saturated carbocycles. The minimum absolute atomic E-state index is 0.00444. The first-order valence-corrected chi connectivity index (χ1v) is 5.23. The van der Waals surface area contributed by atoms with Gasteiger partial charge in [-0.2, -0.15) is 0 Å². The van der Waals surface area contributed by atoms with Crippen molar-refractivity contribution in [2.75, 3.05) is 19.8 Å². The topological polar surface area (TPSA) is 47.9 Å². The fourth-order valence-corrected chi connectivity index (χ4v) is 2.73. The summed E-state index contributed by atoms with van der Waals surface area (Å²) < 4.78 is 15.2. The van der Waals surface area contributed by atoms with E-state index in [0.717, 1.165) is 6.42 Å². The minimum Gasteiger partial charge on any atom is -0.314 e. The fraction of sp³-hybridized carbons (Fsp3) is 1.00. The van der Waals surface area contributed by atoms with Gasteiger partial charge in [0.25, 0.3) is 0 Å². The predicted octanol–water partition coefficient (Wildman–Crippen LogP) is 1.13. The van der Waals surface area contributed by atoms with E-state index in [1.54, 1.807) is 0 Å². The molecule has 0 aromatic rings. The lowest BCUT2D eigenvalue weighted by atomic mass is 9.88. The van der Waals surface area contributed by atoms with Crippen molar-refractivity contribution in [2.45, 2.75) is 13.3 Å². The van der Waals surface area contributed by atoms with Gasteiger partial charge in [0.1, 0.15) is 0 Å². The van der Waals surface area contributed by atoms with E-state index in [1.807, 2.05) is 0 Å². The highest BCUT2D eigenvalue weighted by Crippen LogP contribution is 2.66. The number of hydrogen-bond donors (Lipinski definition) is 1. The molecule has 0 atom stereocenters. The number of hydrogen-bond acceptors (Lipinski definition) is 4. The second-order valence-electron chi connectivity index (χ2n) is 3.14. The van der Waals surface area contributed by atoms with Crippen LogP contribution in [-0.2, 0) is 13.6 Å². The van der Waals surface area contributed by atoms with Crippen LogP contribution in [0.25, 0.3) is 0 Å². The van der Waals surface area contributed by atoms with E-state index in [1.165, 1.54) is 0 Å². The molecule has 1 N–H and O–H groups in total. The van der Waals surface area contributed by atoms with Crippen molar-refractivity contribution in [3.63, 3.8) is 0 Å². The number of rotatable bonds is 1. The Labute approximate surface area is 66.1 Å². The second-order valence-corrected chi connectivity index (χ2v) is 4.85. The standard InChI is InChI=1S/C6H12O4P/c1-2-6-3-8-11(7,9-4-6)10-5-6/h7H,2-5H2,1H3. The smallest absolute Gasteiger partial charge is 0.314 e. The summed E-state index contributed by atoms with van der Waals surface area (Å²) in [6.45, 7) is 3.81. The highest BCUT2D eigenvalue weighted by Gasteiger charge is 2.50. The number of fused-ring (bicyclic) bond motifs is 3. The van der Waals surface area contributed by atoms with E-state index in [-0.39, 0.29) is 5.41 Å². The van der Waals surface area contributed by atoms with Gasteiger partial charge in [0.2, 0.25) is 0 Å². The molecule has 3 aliphatic rings. The van der Waals surface area contributed by atoms with E-state index in [9.17, 15) is 4.89 Å². The van der Waals surface area contributed by atoms with E-state index < -0.39 is 8.17 Å². The fourth-order valence-electron chi connectivity index (χ4n) is 1.20. The summed E-state index contributed by atoms with van der Waals surface area (Å²) in [5.74, 6) is 0. The first kappa shape index (κ1) is 7.90. The van der Waals surface area contributed by atoms with Crippen LogP contribution in [0.2, 0.25) is 0 Å². The van der Waals surface area contributed by atoms with Crippen LogP contribution in [-0.4, -0.2) is 24.7 Å². The molecule has 0 aliphatic carbocycles. The average molecular weight is 179 g/mol. The molecular weight excluding hydrogens is 167 g/mol. The van der Waals surface area contributed by atoms with Crippen molar-refractivity contribution in [1.29, 1.82) is 0 Å². The van der Waals surface area contributed by atoms with Crippen LogP contribution in [0.15, 0.2) is 0 Å². The van der Waals surface area contributed by atoms with Crippen LogP contribution in [0.3, 0.4) is 0 Å². The Bertz CT molecular complexity index is 147. The molecule has 3 saturated heterocycles. The van der Waals surface area contributed by atoms with Crippen LogP contribution in [0, 0.1) is 5.41 Å². The van der Waals surface area contributed by atoms with Gasteiger partial charge in [-0.1, -0.05) is 6.92 Å². The van der Waals surface area contributed by atoms with Crippen molar-refractivity contribution in [3.8, 4) is 0 Å². The zero-order chi connectivity index (χ0) is 7.95. The first-order chi connectivity index (χ1) is 5.18. The largest absolute Gasteiger partial charge is 0.377 e. The highest BCUT2D eigenvalue weighted by atomic mass is 31.2. The lowest BCUT2D eigenvalue weighted by Crippen LogP contribution is -2.45. The molecule has 3 fully saturated rings. The molecular formula is C6H12O4P. The summed E-state index contributed by atoms with van der Waals surface area (Å²) in [7, 11) is -2.83. The van der Waals surface area contributed by atoms with Gasteiger partial charge in [0.05, 0.1) is 19.8 Å². The summed E-state index contributed by atoms with van der Waals surface area (Å²) in [6, 6.07) is 0. The van der Waals surface area contributed by atoms with Crippen molar-refractivity contribution >= 4 is 8.17 Å². The van der Waals surface area contributed by atoms with Crippen LogP contribution in [0.5, 0.6) is 0 Å². The summed E-state index contributed by atoms with van der Waals surface area (Å²) in [6.07, 6.45) is 0.965. The van der Waals surface area contributed by atoms with Crippen LogP contribution < -0.4 is 0 Å². The van der Waals surface area contributed by atoms with Gasteiger partial charge in [-0.3, -0.25) is 13.6 Å². The highest BCUT2D eigenvalue weighted by molar-refractivity contribution is 7.55. The van der Waals surface area contributed by atoms with E-state index in [0.29, 0.717) is 19.8 Å². The third-order valence-corrected chi connectivity index (χ3v) is 3.72. The Kier molecular flexibility index (Phi) is 1.71. The normalized spacial score (nSPS) is 49.6. The second kappa shape index (κ2) is 2.38. The molecule has 5 heteroatoms. The Morgan fingerprint density at radius 3 is 2.09 bits per heavy atom. The van der Waals surface area contributed by atoms with E-state index in [4.69, 9.17) is 13.6 Å². The van der Waals surface area contributed by atoms with E-state index >= 15 is 0 Å². The third-order valence-electron chi connectivity index (χ3n) is 2.35. The van der Waals surface area contributed by atoms with Gasteiger partial charge in [-0.25, -0.2) is 0 Å². The van der Waals surface area contributed by atoms with Crippen LogP contribution >= 0.6 is 8.17 Å². The molecule has 3 heterocycles. The minimum atomic E-state index is -2.83. The molecule has 3 aliphatic heterocycles. The maximum atomic E-state index is 9.37. The van der Waals surface area contributed by atoms with E-state index in [2.05, 4.69) is 6.92 Å². The SMILES string of the molecule is CCC12CO[P](O)(OC1)OC2. The molecule has 11 heavy (non-hydrogen) atoms. The van der Waals surface area contributed by atoms with Crippen LogP contribution in [0.1, 0.15) is 13.3 Å². The van der Waals surface area contributed by atoms with Crippen molar-refractivity contribution in [3.05, 3.63) is 0 Å². The Hall–Kier alpha value is 0.270. The molecule has 1 radical (unpaired) electrons. The van der Waals surface area contributed by atoms with Crippen molar-refractivity contribution in [1.82, 2.24) is 0 Å². The van der Waals surface area contributed by atoms with Gasteiger partial charge in [0.15, 0.2) is 0 Å². The molecule has 3 rings (SSSR count). The Balaban J connectivity index is 2.12. The molecule has 0 unspecified atom stereocenters. The lowest BCUT2D eigenvalue weighted by Gasteiger charge is -2.48. The molecule has 0 aromatic heterocycles. The molecule has 65 valence electrons. The maximum absolute atomic E-state index is 9.37. The van der Waals surface area contributed by atoms with Gasteiger partial charge in [-0.15, -0.1) is 0 Å². The monoisotopic (exact) mass is 179 g/mol. The summed E-state index contributed by atoms with van der Waals surface area (Å²) in [5.41, 5.74) is 0.00444. The molecule has 0 amide bonds. The summed E-state index contributed by atoms with van der Waals surface area (Å²) >= 11 is 0. The van der Waals surface area contributed by atoms with Gasteiger partial charge in [0, 0.05) is 5.41 Å². The van der Waals surface area contributed by atoms with Gasteiger partial charge >= 0.3 is 8.17 Å². The molecule has 0 spiro atoms. The third kappa shape index (κ3) is 1.19. The predicted molar refractivity (Wildman–Crippen MR) is 39.7 cm³/mol. The van der Waals surface area contributed by atoms with Gasteiger partial charge < -0.3 is 4.89 Å². The Morgan fingerprint density at radius 1 is 1.27 bits per heavy atom. The summed E-state index contributed by atoms with van der Waals surface area (Å²) in [5, 5.41) is 0. The van der Waals surface area contributed by atoms with Crippen molar-refractivity contribution < 1.29 is 18.5 Å². The zero-order valence-corrected chi connectivity index (χ0v) is 7.34.